The molecule has 21 heavy (non-hydrogen) atoms. The van der Waals surface area contributed by atoms with Crippen LogP contribution in [0.4, 0.5) is 10.8 Å². The maximum atomic E-state index is 11.5. The minimum atomic E-state index is -0.00251. The molecule has 0 saturated heterocycles. The van der Waals surface area contributed by atoms with Crippen molar-refractivity contribution >= 4 is 39.7 Å². The number of rotatable bonds is 5. The van der Waals surface area contributed by atoms with Crippen LogP contribution in [-0.4, -0.2) is 22.4 Å². The Morgan fingerprint density at radius 1 is 1.52 bits per heavy atom. The number of anilines is 2. The smallest absolute Gasteiger partial charge is 0.225 e. The Hall–Kier alpha value is -1.66. The van der Waals surface area contributed by atoms with Crippen molar-refractivity contribution in [2.75, 3.05) is 16.8 Å². The van der Waals surface area contributed by atoms with Crippen LogP contribution in [0.25, 0.3) is 0 Å². The van der Waals surface area contributed by atoms with Crippen LogP contribution in [0.3, 0.4) is 0 Å². The molecule has 0 saturated carbocycles. The molecular formula is C14H17ClN4OS. The zero-order chi connectivity index (χ0) is 15.4. The fraction of sp³-hybridized carbons (Fsp3) is 0.357. The Kier molecular flexibility index (Phi) is 5.14. The molecule has 0 atom stereocenters. The van der Waals surface area contributed by atoms with Crippen LogP contribution in [0.1, 0.15) is 25.1 Å². The van der Waals surface area contributed by atoms with E-state index >= 15 is 0 Å². The highest BCUT2D eigenvalue weighted by molar-refractivity contribution is 7.14. The predicted molar refractivity (Wildman–Crippen MR) is 87.1 cm³/mol. The Labute approximate surface area is 133 Å². The van der Waals surface area contributed by atoms with Crippen molar-refractivity contribution in [2.24, 2.45) is 0 Å². The molecule has 0 spiro atoms. The summed E-state index contributed by atoms with van der Waals surface area (Å²) in [5.74, 6) is -0.00251. The van der Waals surface area contributed by atoms with Crippen molar-refractivity contribution < 1.29 is 4.79 Å². The molecule has 0 fully saturated rings. The van der Waals surface area contributed by atoms with Gasteiger partial charge in [0.2, 0.25) is 5.91 Å². The lowest BCUT2D eigenvalue weighted by atomic mass is 10.3. The summed E-state index contributed by atoms with van der Waals surface area (Å²) >= 11 is 7.50. The lowest BCUT2D eigenvalue weighted by Gasteiger charge is -2.14. The topological polar surface area (TPSA) is 58.1 Å². The first kappa shape index (κ1) is 15.7. The molecule has 5 nitrogen and oxygen atoms in total. The second-order valence-electron chi connectivity index (χ2n) is 4.59. The number of aromatic nitrogens is 2. The first-order valence-corrected chi connectivity index (χ1v) is 7.85. The molecule has 0 bridgehead atoms. The van der Waals surface area contributed by atoms with E-state index in [0.29, 0.717) is 18.2 Å². The minimum Gasteiger partial charge on any atom is -0.377 e. The summed E-state index contributed by atoms with van der Waals surface area (Å²) in [4.78, 5) is 21.7. The summed E-state index contributed by atoms with van der Waals surface area (Å²) in [6.45, 7) is 6.58. The minimum absolute atomic E-state index is 0.00251. The van der Waals surface area contributed by atoms with Gasteiger partial charge in [0, 0.05) is 25.0 Å². The van der Waals surface area contributed by atoms with E-state index in [2.05, 4.69) is 15.3 Å². The molecule has 0 aliphatic carbocycles. The molecule has 7 heteroatoms. The van der Waals surface area contributed by atoms with Crippen molar-refractivity contribution in [3.63, 3.8) is 0 Å². The second-order valence-corrected chi connectivity index (χ2v) is 5.78. The number of nitrogens with zero attached hydrogens (tertiary/aromatic N) is 3. The third-order valence-electron chi connectivity index (χ3n) is 2.90. The highest BCUT2D eigenvalue weighted by Gasteiger charge is 2.13. The van der Waals surface area contributed by atoms with Crippen LogP contribution < -0.4 is 10.2 Å². The number of pyridine rings is 1. The van der Waals surface area contributed by atoms with Gasteiger partial charge in [0.15, 0.2) is 10.3 Å². The Bertz CT molecular complexity index is 644. The third-order valence-corrected chi connectivity index (χ3v) is 4.12. The standard InChI is InChI=1S/C14H17ClN4OS/c1-4-19(10(3)20)14-18-11(8-21-14)7-16-12-5-9(2)6-17-13(12)15/h5-6,8,16H,4,7H2,1-3H3. The molecule has 1 amide bonds. The van der Waals surface area contributed by atoms with Gasteiger partial charge in [-0.2, -0.15) is 0 Å². The number of nitrogens with one attached hydrogen (secondary N) is 1. The van der Waals surface area contributed by atoms with E-state index in [0.717, 1.165) is 22.1 Å². The summed E-state index contributed by atoms with van der Waals surface area (Å²) in [6.07, 6.45) is 1.72. The van der Waals surface area contributed by atoms with Gasteiger partial charge in [-0.05, 0) is 25.5 Å². The van der Waals surface area contributed by atoms with Gasteiger partial charge in [0.25, 0.3) is 0 Å². The van der Waals surface area contributed by atoms with Crippen molar-refractivity contribution in [3.8, 4) is 0 Å². The number of thiazole rings is 1. The van der Waals surface area contributed by atoms with Gasteiger partial charge in [0.1, 0.15) is 0 Å². The maximum Gasteiger partial charge on any atom is 0.225 e. The van der Waals surface area contributed by atoms with Gasteiger partial charge in [-0.15, -0.1) is 11.3 Å². The molecule has 0 aliphatic rings. The van der Waals surface area contributed by atoms with Crippen LogP contribution in [0.2, 0.25) is 5.15 Å². The van der Waals surface area contributed by atoms with Crippen LogP contribution in [0.15, 0.2) is 17.6 Å². The zero-order valence-corrected chi connectivity index (χ0v) is 13.8. The number of carbonyl (C=O) groups is 1. The van der Waals surface area contributed by atoms with E-state index < -0.39 is 0 Å². The van der Waals surface area contributed by atoms with E-state index in [9.17, 15) is 4.79 Å². The van der Waals surface area contributed by atoms with E-state index in [4.69, 9.17) is 11.6 Å². The molecule has 0 radical (unpaired) electrons. The number of amides is 1. The Morgan fingerprint density at radius 3 is 2.95 bits per heavy atom. The third kappa shape index (κ3) is 3.92. The number of hydrogen-bond acceptors (Lipinski definition) is 5. The molecule has 2 rings (SSSR count). The van der Waals surface area contributed by atoms with Gasteiger partial charge in [-0.1, -0.05) is 11.6 Å². The van der Waals surface area contributed by atoms with Crippen molar-refractivity contribution in [2.45, 2.75) is 27.3 Å². The van der Waals surface area contributed by atoms with Crippen molar-refractivity contribution in [1.29, 1.82) is 0 Å². The zero-order valence-electron chi connectivity index (χ0n) is 12.2. The van der Waals surface area contributed by atoms with Gasteiger partial charge < -0.3 is 5.32 Å². The average Bonchev–Trinajstić information content (AvgIpc) is 2.89. The van der Waals surface area contributed by atoms with Gasteiger partial charge in [0.05, 0.1) is 17.9 Å². The molecule has 112 valence electrons. The normalized spacial score (nSPS) is 10.5. The summed E-state index contributed by atoms with van der Waals surface area (Å²) in [6, 6.07) is 1.94. The fourth-order valence-electron chi connectivity index (χ4n) is 1.86. The van der Waals surface area contributed by atoms with Gasteiger partial charge in [-0.3, -0.25) is 9.69 Å². The van der Waals surface area contributed by atoms with Crippen LogP contribution in [-0.2, 0) is 11.3 Å². The van der Waals surface area contributed by atoms with Gasteiger partial charge >= 0.3 is 0 Å². The van der Waals surface area contributed by atoms with E-state index in [1.54, 1.807) is 18.0 Å². The van der Waals surface area contributed by atoms with Crippen LogP contribution in [0.5, 0.6) is 0 Å². The molecule has 0 aliphatic heterocycles. The summed E-state index contributed by atoms with van der Waals surface area (Å²) in [7, 11) is 0. The Morgan fingerprint density at radius 2 is 2.29 bits per heavy atom. The molecule has 1 N–H and O–H groups in total. The molecule has 2 heterocycles. The van der Waals surface area contributed by atoms with E-state index in [1.807, 2.05) is 25.3 Å². The SMILES string of the molecule is CCN(C(C)=O)c1nc(CNc2cc(C)cnc2Cl)cs1. The second kappa shape index (κ2) is 6.87. The molecular weight excluding hydrogens is 308 g/mol. The largest absolute Gasteiger partial charge is 0.377 e. The predicted octanol–water partition coefficient (Wildman–Crippen LogP) is 3.48. The van der Waals surface area contributed by atoms with Crippen LogP contribution >= 0.6 is 22.9 Å². The highest BCUT2D eigenvalue weighted by atomic mass is 35.5. The number of aryl methyl sites for hydroxylation is 1. The van der Waals surface area contributed by atoms with E-state index in [-0.39, 0.29) is 5.91 Å². The fourth-order valence-corrected chi connectivity index (χ4v) is 2.96. The Balaban J connectivity index is 2.06. The average molecular weight is 325 g/mol. The molecule has 0 aromatic carbocycles. The highest BCUT2D eigenvalue weighted by Crippen LogP contribution is 2.23. The molecule has 2 aromatic rings. The number of hydrogen-bond donors (Lipinski definition) is 1. The monoisotopic (exact) mass is 324 g/mol. The quantitative estimate of drug-likeness (QED) is 0.855. The van der Waals surface area contributed by atoms with E-state index in [1.165, 1.54) is 11.3 Å². The lowest BCUT2D eigenvalue weighted by Crippen LogP contribution is -2.27. The summed E-state index contributed by atoms with van der Waals surface area (Å²) in [5, 5.41) is 6.31. The van der Waals surface area contributed by atoms with Crippen molar-refractivity contribution in [3.05, 3.63) is 34.1 Å². The molecule has 2 aromatic heterocycles. The molecule has 0 unspecified atom stereocenters. The number of carbonyl (C=O) groups excluding carboxylic acids is 1. The maximum absolute atomic E-state index is 11.5. The lowest BCUT2D eigenvalue weighted by molar-refractivity contribution is -0.116. The van der Waals surface area contributed by atoms with Crippen LogP contribution in [0, 0.1) is 6.92 Å². The summed E-state index contributed by atoms with van der Waals surface area (Å²) < 4.78 is 0. The summed E-state index contributed by atoms with van der Waals surface area (Å²) in [5.41, 5.74) is 2.69. The van der Waals surface area contributed by atoms with Gasteiger partial charge in [-0.25, -0.2) is 9.97 Å². The van der Waals surface area contributed by atoms with Crippen molar-refractivity contribution in [1.82, 2.24) is 9.97 Å². The number of halogens is 1. The first-order chi connectivity index (χ1) is 10.0. The first-order valence-electron chi connectivity index (χ1n) is 6.59.